The average Bonchev–Trinajstić information content (AvgIpc) is 3.08. The molecule has 2 heterocycles. The molecule has 0 saturated carbocycles. The molecule has 1 aromatic heterocycles. The van der Waals surface area contributed by atoms with Crippen molar-refractivity contribution in [1.29, 1.82) is 0 Å². The first-order chi connectivity index (χ1) is 11.9. The van der Waals surface area contributed by atoms with Crippen molar-refractivity contribution < 1.29 is 18.8 Å². The Balaban J connectivity index is 1.69. The number of nitrogens with zero attached hydrogens (tertiary/aromatic N) is 1. The van der Waals surface area contributed by atoms with Crippen molar-refractivity contribution in [3.05, 3.63) is 57.3 Å². The highest BCUT2D eigenvalue weighted by Gasteiger charge is 2.36. The van der Waals surface area contributed by atoms with E-state index in [1.165, 1.54) is 6.08 Å². The smallest absolute Gasteiger partial charge is 0.294 e. The SMILES string of the molecule is Cc1ccc(/C=C2/SC(=O)N(CC(=O)Nc3ccccc3Br)C2=O)o1. The number of amides is 3. The van der Waals surface area contributed by atoms with E-state index in [1.54, 1.807) is 37.3 Å². The van der Waals surface area contributed by atoms with E-state index in [0.717, 1.165) is 16.7 Å². The number of halogens is 1. The maximum atomic E-state index is 12.4. The summed E-state index contributed by atoms with van der Waals surface area (Å²) in [5.74, 6) is 0.231. The largest absolute Gasteiger partial charge is 0.462 e. The molecule has 1 fully saturated rings. The zero-order valence-corrected chi connectivity index (χ0v) is 15.5. The Morgan fingerprint density at radius 2 is 2.04 bits per heavy atom. The minimum Gasteiger partial charge on any atom is -0.462 e. The molecule has 25 heavy (non-hydrogen) atoms. The van der Waals surface area contributed by atoms with Gasteiger partial charge in [0.15, 0.2) is 0 Å². The lowest BCUT2D eigenvalue weighted by atomic mass is 10.3. The van der Waals surface area contributed by atoms with Gasteiger partial charge >= 0.3 is 0 Å². The van der Waals surface area contributed by atoms with Gasteiger partial charge in [-0.1, -0.05) is 12.1 Å². The number of aryl methyl sites for hydroxylation is 1. The molecule has 8 heteroatoms. The van der Waals surface area contributed by atoms with E-state index in [0.29, 0.717) is 21.7 Å². The topological polar surface area (TPSA) is 79.6 Å². The van der Waals surface area contributed by atoms with Gasteiger partial charge in [-0.15, -0.1) is 0 Å². The Labute approximate surface area is 156 Å². The van der Waals surface area contributed by atoms with Gasteiger partial charge in [-0.25, -0.2) is 0 Å². The first-order valence-corrected chi connectivity index (χ1v) is 8.91. The van der Waals surface area contributed by atoms with E-state index < -0.39 is 17.1 Å². The van der Waals surface area contributed by atoms with Crippen LogP contribution in [0.2, 0.25) is 0 Å². The molecule has 0 atom stereocenters. The van der Waals surface area contributed by atoms with Crippen LogP contribution in [0.15, 0.2) is 50.2 Å². The van der Waals surface area contributed by atoms with Gasteiger partial charge in [0.1, 0.15) is 18.1 Å². The predicted octanol–water partition coefficient (Wildman–Crippen LogP) is 4.03. The minimum absolute atomic E-state index is 0.230. The van der Waals surface area contributed by atoms with Crippen LogP contribution in [-0.4, -0.2) is 28.5 Å². The fraction of sp³-hybridized carbons (Fsp3) is 0.118. The van der Waals surface area contributed by atoms with Crippen molar-refractivity contribution in [1.82, 2.24) is 4.90 Å². The second-order valence-electron chi connectivity index (χ2n) is 5.24. The summed E-state index contributed by atoms with van der Waals surface area (Å²) in [6, 6.07) is 10.6. The maximum Gasteiger partial charge on any atom is 0.294 e. The lowest BCUT2D eigenvalue weighted by molar-refractivity contribution is -0.127. The molecule has 0 aliphatic carbocycles. The van der Waals surface area contributed by atoms with Gasteiger partial charge in [0.05, 0.1) is 10.6 Å². The number of carbonyl (C=O) groups is 3. The zero-order valence-electron chi connectivity index (χ0n) is 13.1. The summed E-state index contributed by atoms with van der Waals surface area (Å²) in [4.78, 5) is 37.7. The molecular formula is C17H13BrN2O4S. The number of rotatable bonds is 4. The van der Waals surface area contributed by atoms with Crippen molar-refractivity contribution >= 4 is 56.5 Å². The standard InChI is InChI=1S/C17H13BrN2O4S/c1-10-6-7-11(24-10)8-14-16(22)20(17(23)25-14)9-15(21)19-13-5-3-2-4-12(13)18/h2-8H,9H2,1H3,(H,19,21)/b14-8+. The molecule has 1 saturated heterocycles. The van der Waals surface area contributed by atoms with Crippen LogP contribution in [0.4, 0.5) is 10.5 Å². The Hall–Kier alpha value is -2.32. The molecule has 6 nitrogen and oxygen atoms in total. The Kier molecular flexibility index (Phi) is 5.10. The van der Waals surface area contributed by atoms with Gasteiger partial charge < -0.3 is 9.73 Å². The monoisotopic (exact) mass is 420 g/mol. The van der Waals surface area contributed by atoms with E-state index in [2.05, 4.69) is 21.2 Å². The van der Waals surface area contributed by atoms with Gasteiger partial charge in [-0.05, 0) is 58.9 Å². The third-order valence-corrected chi connectivity index (χ3v) is 4.96. The fourth-order valence-corrected chi connectivity index (χ4v) is 3.39. The number of para-hydroxylation sites is 1. The zero-order chi connectivity index (χ0) is 18.0. The Morgan fingerprint density at radius 3 is 2.72 bits per heavy atom. The van der Waals surface area contributed by atoms with E-state index in [-0.39, 0.29) is 11.4 Å². The molecule has 1 aromatic carbocycles. The summed E-state index contributed by atoms with van der Waals surface area (Å²) < 4.78 is 6.09. The number of thioether (sulfide) groups is 1. The number of hydrogen-bond donors (Lipinski definition) is 1. The van der Waals surface area contributed by atoms with Crippen LogP contribution >= 0.6 is 27.7 Å². The normalized spacial score (nSPS) is 15.9. The molecule has 1 aliphatic heterocycles. The van der Waals surface area contributed by atoms with Crippen LogP contribution in [0.25, 0.3) is 6.08 Å². The van der Waals surface area contributed by atoms with Crippen LogP contribution < -0.4 is 5.32 Å². The highest BCUT2D eigenvalue weighted by molar-refractivity contribution is 9.10. The quantitative estimate of drug-likeness (QED) is 0.755. The van der Waals surface area contributed by atoms with Gasteiger partial charge in [-0.3, -0.25) is 19.3 Å². The summed E-state index contributed by atoms with van der Waals surface area (Å²) in [6.07, 6.45) is 1.50. The molecule has 0 bridgehead atoms. The number of nitrogens with one attached hydrogen (secondary N) is 1. The number of benzene rings is 1. The fourth-order valence-electron chi connectivity index (χ4n) is 2.19. The minimum atomic E-state index is -0.508. The van der Waals surface area contributed by atoms with Crippen LogP contribution in [0.3, 0.4) is 0 Å². The predicted molar refractivity (Wildman–Crippen MR) is 98.9 cm³/mol. The van der Waals surface area contributed by atoms with Crippen LogP contribution in [0.5, 0.6) is 0 Å². The summed E-state index contributed by atoms with van der Waals surface area (Å²) in [7, 11) is 0. The number of furan rings is 1. The number of anilines is 1. The molecule has 2 aromatic rings. The number of carbonyl (C=O) groups excluding carboxylic acids is 3. The van der Waals surface area contributed by atoms with Gasteiger partial charge in [0, 0.05) is 10.5 Å². The van der Waals surface area contributed by atoms with E-state index in [9.17, 15) is 14.4 Å². The molecule has 128 valence electrons. The van der Waals surface area contributed by atoms with Crippen molar-refractivity contribution in [2.24, 2.45) is 0 Å². The third-order valence-electron chi connectivity index (χ3n) is 3.36. The maximum absolute atomic E-state index is 12.4. The highest BCUT2D eigenvalue weighted by Crippen LogP contribution is 2.32. The van der Waals surface area contributed by atoms with Gasteiger partial charge in [-0.2, -0.15) is 0 Å². The van der Waals surface area contributed by atoms with Crippen molar-refractivity contribution in [2.45, 2.75) is 6.92 Å². The van der Waals surface area contributed by atoms with Crippen LogP contribution in [0.1, 0.15) is 11.5 Å². The third kappa shape index (κ3) is 4.02. The second kappa shape index (κ2) is 7.28. The van der Waals surface area contributed by atoms with E-state index >= 15 is 0 Å². The second-order valence-corrected chi connectivity index (χ2v) is 7.09. The van der Waals surface area contributed by atoms with Crippen molar-refractivity contribution in [2.75, 3.05) is 11.9 Å². The highest BCUT2D eigenvalue weighted by atomic mass is 79.9. The summed E-state index contributed by atoms with van der Waals surface area (Å²) in [5, 5.41) is 2.18. The first kappa shape index (κ1) is 17.5. The molecular weight excluding hydrogens is 408 g/mol. The lowest BCUT2D eigenvalue weighted by Gasteiger charge is -2.13. The van der Waals surface area contributed by atoms with E-state index in [4.69, 9.17) is 4.42 Å². The van der Waals surface area contributed by atoms with Crippen LogP contribution in [0, 0.1) is 6.92 Å². The summed E-state index contributed by atoms with van der Waals surface area (Å²) in [6.45, 7) is 1.44. The molecule has 3 rings (SSSR count). The average molecular weight is 421 g/mol. The Morgan fingerprint density at radius 1 is 1.28 bits per heavy atom. The summed E-state index contributed by atoms with van der Waals surface area (Å²) in [5.41, 5.74) is 0.570. The van der Waals surface area contributed by atoms with Gasteiger partial charge in [0.25, 0.3) is 11.1 Å². The molecule has 3 amide bonds. The Bertz CT molecular complexity index is 890. The van der Waals surface area contributed by atoms with Crippen molar-refractivity contribution in [3.63, 3.8) is 0 Å². The van der Waals surface area contributed by atoms with Crippen molar-refractivity contribution in [3.8, 4) is 0 Å². The van der Waals surface area contributed by atoms with Gasteiger partial charge in [0.2, 0.25) is 5.91 Å². The lowest BCUT2D eigenvalue weighted by Crippen LogP contribution is -2.36. The molecule has 0 radical (unpaired) electrons. The number of imide groups is 1. The molecule has 1 N–H and O–H groups in total. The summed E-state index contributed by atoms with van der Waals surface area (Å²) >= 11 is 4.11. The molecule has 0 spiro atoms. The molecule has 1 aliphatic rings. The van der Waals surface area contributed by atoms with E-state index in [1.807, 2.05) is 6.07 Å². The first-order valence-electron chi connectivity index (χ1n) is 7.30. The molecule has 0 unspecified atom stereocenters. The van der Waals surface area contributed by atoms with Crippen LogP contribution in [-0.2, 0) is 9.59 Å². The number of hydrogen-bond acceptors (Lipinski definition) is 5.